The zero-order valence-electron chi connectivity index (χ0n) is 18.4. The first-order chi connectivity index (χ1) is 15.3. The van der Waals surface area contributed by atoms with Crippen molar-refractivity contribution in [3.63, 3.8) is 0 Å². The number of halogens is 1. The Morgan fingerprint density at radius 1 is 0.938 bits per heavy atom. The molecule has 0 unspecified atom stereocenters. The van der Waals surface area contributed by atoms with Gasteiger partial charge in [0, 0.05) is 56.8 Å². The van der Waals surface area contributed by atoms with E-state index in [1.807, 2.05) is 4.90 Å². The van der Waals surface area contributed by atoms with E-state index in [4.69, 9.17) is 11.6 Å². The molecule has 0 radical (unpaired) electrons. The van der Waals surface area contributed by atoms with Gasteiger partial charge in [-0.05, 0) is 55.2 Å². The smallest absolute Gasteiger partial charge is 0.243 e. The van der Waals surface area contributed by atoms with E-state index in [9.17, 15) is 13.2 Å². The van der Waals surface area contributed by atoms with Crippen LogP contribution in [0, 0.1) is 12.8 Å². The molecule has 2 aliphatic rings. The molecule has 172 valence electrons. The lowest BCUT2D eigenvalue weighted by Crippen LogP contribution is -2.51. The van der Waals surface area contributed by atoms with Crippen molar-refractivity contribution in [2.75, 3.05) is 39.3 Å². The van der Waals surface area contributed by atoms with Crippen LogP contribution >= 0.6 is 11.6 Å². The van der Waals surface area contributed by atoms with Crippen LogP contribution < -0.4 is 0 Å². The molecule has 2 heterocycles. The number of hydrogen-bond donors (Lipinski definition) is 0. The summed E-state index contributed by atoms with van der Waals surface area (Å²) in [5.74, 6) is 0.0682. The van der Waals surface area contributed by atoms with Gasteiger partial charge in [-0.2, -0.15) is 4.31 Å². The van der Waals surface area contributed by atoms with Crippen LogP contribution in [0.15, 0.2) is 53.4 Å². The summed E-state index contributed by atoms with van der Waals surface area (Å²) in [6.07, 6.45) is 1.13. The van der Waals surface area contributed by atoms with Gasteiger partial charge in [0.05, 0.1) is 4.90 Å². The molecule has 0 N–H and O–H groups in total. The summed E-state index contributed by atoms with van der Waals surface area (Å²) in [6.45, 7) is 6.98. The second-order valence-corrected chi connectivity index (χ2v) is 11.0. The van der Waals surface area contributed by atoms with Crippen LogP contribution in [0.1, 0.15) is 24.0 Å². The van der Waals surface area contributed by atoms with Crippen LogP contribution in [0.2, 0.25) is 5.02 Å². The Morgan fingerprint density at radius 2 is 1.56 bits per heavy atom. The number of rotatable bonds is 5. The van der Waals surface area contributed by atoms with Crippen molar-refractivity contribution in [1.82, 2.24) is 14.1 Å². The SMILES string of the molecule is Cc1ccccc1CN1CCN(C(=O)C2CCN(S(=O)(=O)c3ccc(Cl)cc3)CC2)CC1. The van der Waals surface area contributed by atoms with Gasteiger partial charge in [-0.3, -0.25) is 9.69 Å². The highest BCUT2D eigenvalue weighted by Gasteiger charge is 2.34. The molecule has 0 bridgehead atoms. The average Bonchev–Trinajstić information content (AvgIpc) is 2.81. The van der Waals surface area contributed by atoms with Crippen molar-refractivity contribution in [3.05, 3.63) is 64.7 Å². The minimum Gasteiger partial charge on any atom is -0.340 e. The molecule has 0 aliphatic carbocycles. The zero-order valence-corrected chi connectivity index (χ0v) is 20.0. The lowest BCUT2D eigenvalue weighted by molar-refractivity contribution is -0.138. The predicted octanol–water partition coefficient (Wildman–Crippen LogP) is 3.39. The fraction of sp³-hybridized carbons (Fsp3) is 0.458. The molecular weight excluding hydrogens is 446 g/mol. The Balaban J connectivity index is 1.28. The Labute approximate surface area is 195 Å². The molecule has 1 amide bonds. The summed E-state index contributed by atoms with van der Waals surface area (Å²) >= 11 is 5.88. The van der Waals surface area contributed by atoms with Gasteiger partial charge in [0.25, 0.3) is 0 Å². The van der Waals surface area contributed by atoms with E-state index >= 15 is 0 Å². The summed E-state index contributed by atoms with van der Waals surface area (Å²) in [5.41, 5.74) is 2.63. The number of sulfonamides is 1. The van der Waals surface area contributed by atoms with Gasteiger partial charge in [-0.1, -0.05) is 35.9 Å². The Kier molecular flexibility index (Phi) is 7.20. The highest BCUT2D eigenvalue weighted by atomic mass is 35.5. The molecule has 2 saturated heterocycles. The van der Waals surface area contributed by atoms with Crippen LogP contribution in [-0.2, 0) is 21.4 Å². The summed E-state index contributed by atoms with van der Waals surface area (Å²) in [6, 6.07) is 14.7. The quantitative estimate of drug-likeness (QED) is 0.665. The minimum atomic E-state index is -3.55. The Morgan fingerprint density at radius 3 is 2.19 bits per heavy atom. The number of amides is 1. The Hall–Kier alpha value is -1.93. The van der Waals surface area contributed by atoms with E-state index in [1.54, 1.807) is 12.1 Å². The number of benzene rings is 2. The second-order valence-electron chi connectivity index (χ2n) is 8.66. The van der Waals surface area contributed by atoms with Gasteiger partial charge < -0.3 is 4.90 Å². The van der Waals surface area contributed by atoms with Gasteiger partial charge in [-0.15, -0.1) is 0 Å². The predicted molar refractivity (Wildman–Crippen MR) is 126 cm³/mol. The minimum absolute atomic E-state index is 0.102. The van der Waals surface area contributed by atoms with Crippen molar-refractivity contribution in [1.29, 1.82) is 0 Å². The van der Waals surface area contributed by atoms with Gasteiger partial charge >= 0.3 is 0 Å². The van der Waals surface area contributed by atoms with Crippen molar-refractivity contribution in [2.24, 2.45) is 5.92 Å². The first-order valence-corrected chi connectivity index (χ1v) is 13.0. The van der Waals surface area contributed by atoms with Gasteiger partial charge in [-0.25, -0.2) is 8.42 Å². The van der Waals surface area contributed by atoms with Crippen LogP contribution in [0.3, 0.4) is 0 Å². The van der Waals surface area contributed by atoms with Crippen molar-refractivity contribution in [2.45, 2.75) is 31.2 Å². The molecule has 32 heavy (non-hydrogen) atoms. The standard InChI is InChI=1S/C24H30ClN3O3S/c1-19-4-2-3-5-21(19)18-26-14-16-27(17-15-26)24(29)20-10-12-28(13-11-20)32(30,31)23-8-6-22(25)7-9-23/h2-9,20H,10-18H2,1H3. The molecule has 8 heteroatoms. The van der Waals surface area contributed by atoms with Crippen LogP contribution in [0.5, 0.6) is 0 Å². The van der Waals surface area contributed by atoms with E-state index in [0.29, 0.717) is 31.0 Å². The topological polar surface area (TPSA) is 60.9 Å². The molecule has 0 aromatic heterocycles. The van der Waals surface area contributed by atoms with Gasteiger partial charge in [0.2, 0.25) is 15.9 Å². The van der Waals surface area contributed by atoms with Crippen molar-refractivity contribution in [3.8, 4) is 0 Å². The third kappa shape index (κ3) is 5.17. The van der Waals surface area contributed by atoms with E-state index in [-0.39, 0.29) is 16.7 Å². The molecule has 0 saturated carbocycles. The molecule has 2 aliphatic heterocycles. The van der Waals surface area contributed by atoms with Crippen LogP contribution in [0.4, 0.5) is 0 Å². The fourth-order valence-corrected chi connectivity index (χ4v) is 6.11. The maximum absolute atomic E-state index is 13.1. The van der Waals surface area contributed by atoms with E-state index in [1.165, 1.54) is 27.6 Å². The van der Waals surface area contributed by atoms with Crippen LogP contribution in [0.25, 0.3) is 0 Å². The molecule has 4 rings (SSSR count). The normalized spacial score (nSPS) is 19.2. The maximum atomic E-state index is 13.1. The average molecular weight is 476 g/mol. The van der Waals surface area contributed by atoms with E-state index in [0.717, 1.165) is 32.7 Å². The number of hydrogen-bond acceptors (Lipinski definition) is 4. The summed E-state index contributed by atoms with van der Waals surface area (Å²) in [4.78, 5) is 17.7. The zero-order chi connectivity index (χ0) is 22.7. The number of aryl methyl sites for hydroxylation is 1. The fourth-order valence-electron chi connectivity index (χ4n) is 4.51. The van der Waals surface area contributed by atoms with Crippen molar-refractivity contribution >= 4 is 27.5 Å². The first-order valence-electron chi connectivity index (χ1n) is 11.2. The number of piperazine rings is 1. The highest BCUT2D eigenvalue weighted by Crippen LogP contribution is 2.26. The van der Waals surface area contributed by atoms with Crippen molar-refractivity contribution < 1.29 is 13.2 Å². The monoisotopic (exact) mass is 475 g/mol. The summed E-state index contributed by atoms with van der Waals surface area (Å²) in [5, 5.41) is 0.507. The first kappa shape index (κ1) is 23.2. The summed E-state index contributed by atoms with van der Waals surface area (Å²) < 4.78 is 27.2. The Bertz CT molecular complexity index is 1040. The van der Waals surface area contributed by atoms with E-state index < -0.39 is 10.0 Å². The second kappa shape index (κ2) is 9.91. The molecule has 6 nitrogen and oxygen atoms in total. The number of nitrogens with zero attached hydrogens (tertiary/aromatic N) is 3. The molecule has 2 aromatic rings. The molecule has 2 aromatic carbocycles. The summed E-state index contributed by atoms with van der Waals surface area (Å²) in [7, 11) is -3.55. The van der Waals surface area contributed by atoms with Crippen LogP contribution in [-0.4, -0.2) is 67.7 Å². The molecule has 2 fully saturated rings. The lowest BCUT2D eigenvalue weighted by atomic mass is 9.96. The number of carbonyl (C=O) groups is 1. The van der Waals surface area contributed by atoms with Gasteiger partial charge in [0.1, 0.15) is 0 Å². The molecule has 0 spiro atoms. The number of carbonyl (C=O) groups excluding carboxylic acids is 1. The van der Waals surface area contributed by atoms with Gasteiger partial charge in [0.15, 0.2) is 0 Å². The maximum Gasteiger partial charge on any atom is 0.243 e. The third-order valence-corrected chi connectivity index (χ3v) is 8.76. The third-order valence-electron chi connectivity index (χ3n) is 6.59. The van der Waals surface area contributed by atoms with E-state index in [2.05, 4.69) is 36.1 Å². The number of piperidine rings is 1. The molecular formula is C24H30ClN3O3S. The largest absolute Gasteiger partial charge is 0.340 e. The lowest BCUT2D eigenvalue weighted by Gasteiger charge is -2.38. The molecule has 0 atom stereocenters. The highest BCUT2D eigenvalue weighted by molar-refractivity contribution is 7.89.